The number of nitrogens with zero attached hydrogens (tertiary/aromatic N) is 1. The van der Waals surface area contributed by atoms with Gasteiger partial charge < -0.3 is 10.0 Å². The van der Waals surface area contributed by atoms with Crippen LogP contribution in [0.25, 0.3) is 0 Å². The average molecular weight is 223 g/mol. The van der Waals surface area contributed by atoms with E-state index in [1.54, 1.807) is 13.8 Å². The molecular formula is C8H17NO4S. The van der Waals surface area contributed by atoms with Crippen molar-refractivity contribution in [2.24, 2.45) is 0 Å². The maximum atomic E-state index is 11.4. The topological polar surface area (TPSA) is 74.7 Å². The highest BCUT2D eigenvalue weighted by molar-refractivity contribution is 7.92. The number of aliphatic hydroxyl groups is 1. The molecule has 5 nitrogen and oxygen atoms in total. The molecule has 14 heavy (non-hydrogen) atoms. The van der Waals surface area contributed by atoms with Crippen LogP contribution in [0.2, 0.25) is 0 Å². The molecule has 0 saturated carbocycles. The summed E-state index contributed by atoms with van der Waals surface area (Å²) in [6.45, 7) is 4.15. The normalized spacial score (nSPS) is 11.4. The lowest BCUT2D eigenvalue weighted by molar-refractivity contribution is -0.128. The van der Waals surface area contributed by atoms with E-state index in [0.29, 0.717) is 13.1 Å². The second-order valence-electron chi connectivity index (χ2n) is 2.88. The van der Waals surface area contributed by atoms with Crippen LogP contribution >= 0.6 is 0 Å². The van der Waals surface area contributed by atoms with E-state index in [4.69, 9.17) is 5.11 Å². The lowest BCUT2D eigenvalue weighted by Crippen LogP contribution is -2.36. The Kier molecular flexibility index (Phi) is 5.71. The van der Waals surface area contributed by atoms with Crippen LogP contribution in [-0.4, -0.2) is 55.5 Å². The molecule has 0 aromatic carbocycles. The molecule has 0 aliphatic carbocycles. The summed E-state index contributed by atoms with van der Waals surface area (Å²) in [5.41, 5.74) is 0. The SMILES string of the molecule is CCN(CC)C(=O)CS(=O)(=O)CCO. The van der Waals surface area contributed by atoms with Crippen molar-refractivity contribution in [3.8, 4) is 0 Å². The van der Waals surface area contributed by atoms with Gasteiger partial charge in [0.1, 0.15) is 5.75 Å². The predicted octanol–water partition coefficient (Wildman–Crippen LogP) is -0.738. The minimum atomic E-state index is -3.44. The second-order valence-corrected chi connectivity index (χ2v) is 5.07. The van der Waals surface area contributed by atoms with Gasteiger partial charge in [0.05, 0.1) is 12.4 Å². The summed E-state index contributed by atoms with van der Waals surface area (Å²) in [6, 6.07) is 0. The van der Waals surface area contributed by atoms with Crippen LogP contribution in [0.4, 0.5) is 0 Å². The molecule has 0 aliphatic rings. The number of hydrogen-bond donors (Lipinski definition) is 1. The van der Waals surface area contributed by atoms with E-state index < -0.39 is 28.1 Å². The fourth-order valence-electron chi connectivity index (χ4n) is 1.07. The van der Waals surface area contributed by atoms with E-state index >= 15 is 0 Å². The molecule has 0 bridgehead atoms. The summed E-state index contributed by atoms with van der Waals surface area (Å²) in [5, 5.41) is 8.46. The lowest BCUT2D eigenvalue weighted by atomic mass is 10.5. The van der Waals surface area contributed by atoms with Crippen molar-refractivity contribution in [1.29, 1.82) is 0 Å². The maximum absolute atomic E-state index is 11.4. The van der Waals surface area contributed by atoms with Gasteiger partial charge in [0, 0.05) is 13.1 Å². The summed E-state index contributed by atoms with van der Waals surface area (Å²) in [4.78, 5) is 12.8. The smallest absolute Gasteiger partial charge is 0.237 e. The highest BCUT2D eigenvalue weighted by atomic mass is 32.2. The van der Waals surface area contributed by atoms with Crippen LogP contribution in [0.15, 0.2) is 0 Å². The minimum absolute atomic E-state index is 0.347. The third kappa shape index (κ3) is 4.57. The molecule has 0 spiro atoms. The van der Waals surface area contributed by atoms with Crippen molar-refractivity contribution in [2.45, 2.75) is 13.8 Å². The van der Waals surface area contributed by atoms with Crippen molar-refractivity contribution in [3.63, 3.8) is 0 Å². The monoisotopic (exact) mass is 223 g/mol. The third-order valence-electron chi connectivity index (χ3n) is 1.86. The van der Waals surface area contributed by atoms with Crippen LogP contribution in [0.5, 0.6) is 0 Å². The van der Waals surface area contributed by atoms with Gasteiger partial charge in [-0.1, -0.05) is 0 Å². The summed E-state index contributed by atoms with van der Waals surface area (Å²) in [6.07, 6.45) is 0. The molecular weight excluding hydrogens is 206 g/mol. The molecule has 0 saturated heterocycles. The molecule has 0 atom stereocenters. The molecule has 6 heteroatoms. The molecule has 0 unspecified atom stereocenters. The van der Waals surface area contributed by atoms with Gasteiger partial charge in [-0.25, -0.2) is 8.42 Å². The maximum Gasteiger partial charge on any atom is 0.237 e. The van der Waals surface area contributed by atoms with Gasteiger partial charge in [-0.2, -0.15) is 0 Å². The number of carbonyl (C=O) groups excluding carboxylic acids is 1. The highest BCUT2D eigenvalue weighted by Gasteiger charge is 2.19. The van der Waals surface area contributed by atoms with Gasteiger partial charge in [-0.05, 0) is 13.8 Å². The van der Waals surface area contributed by atoms with Crippen molar-refractivity contribution in [2.75, 3.05) is 31.2 Å². The molecule has 0 aliphatic heterocycles. The van der Waals surface area contributed by atoms with E-state index in [2.05, 4.69) is 0 Å². The van der Waals surface area contributed by atoms with E-state index in [0.717, 1.165) is 0 Å². The number of rotatable bonds is 6. The van der Waals surface area contributed by atoms with Crippen molar-refractivity contribution >= 4 is 15.7 Å². The zero-order valence-corrected chi connectivity index (χ0v) is 9.38. The Morgan fingerprint density at radius 2 is 1.79 bits per heavy atom. The molecule has 1 amide bonds. The molecule has 0 aromatic rings. The third-order valence-corrected chi connectivity index (χ3v) is 3.35. The van der Waals surface area contributed by atoms with Gasteiger partial charge >= 0.3 is 0 Å². The highest BCUT2D eigenvalue weighted by Crippen LogP contribution is 1.95. The number of sulfone groups is 1. The van der Waals surface area contributed by atoms with Crippen molar-refractivity contribution in [3.05, 3.63) is 0 Å². The summed E-state index contributed by atoms with van der Waals surface area (Å²) < 4.78 is 22.3. The molecule has 0 fully saturated rings. The molecule has 0 radical (unpaired) electrons. The fourth-order valence-corrected chi connectivity index (χ4v) is 2.05. The summed E-state index contributed by atoms with van der Waals surface area (Å²) in [7, 11) is -3.44. The van der Waals surface area contributed by atoms with Gasteiger partial charge in [0.25, 0.3) is 0 Å². The lowest BCUT2D eigenvalue weighted by Gasteiger charge is -2.18. The van der Waals surface area contributed by atoms with Crippen LogP contribution in [0.1, 0.15) is 13.8 Å². The van der Waals surface area contributed by atoms with Crippen LogP contribution < -0.4 is 0 Å². The zero-order chi connectivity index (χ0) is 11.2. The van der Waals surface area contributed by atoms with Gasteiger partial charge in [0.2, 0.25) is 5.91 Å². The Balaban J connectivity index is 4.31. The Morgan fingerprint density at radius 3 is 2.14 bits per heavy atom. The first-order valence-corrected chi connectivity index (χ1v) is 6.38. The largest absolute Gasteiger partial charge is 0.395 e. The standard InChI is InChI=1S/C8H17NO4S/c1-3-9(4-2)8(11)7-14(12,13)6-5-10/h10H,3-7H2,1-2H3. The summed E-state index contributed by atoms with van der Waals surface area (Å²) in [5.74, 6) is -1.25. The van der Waals surface area contributed by atoms with E-state index in [1.165, 1.54) is 4.90 Å². The Bertz CT molecular complexity index is 269. The van der Waals surface area contributed by atoms with Gasteiger partial charge in [-0.15, -0.1) is 0 Å². The van der Waals surface area contributed by atoms with Crippen LogP contribution in [0.3, 0.4) is 0 Å². The molecule has 0 rings (SSSR count). The Hall–Kier alpha value is -0.620. The van der Waals surface area contributed by atoms with E-state index in [-0.39, 0.29) is 5.75 Å². The van der Waals surface area contributed by atoms with E-state index in [1.807, 2.05) is 0 Å². The number of amides is 1. The number of hydrogen-bond acceptors (Lipinski definition) is 4. The predicted molar refractivity (Wildman–Crippen MR) is 53.7 cm³/mol. The van der Waals surface area contributed by atoms with Crippen LogP contribution in [0, 0.1) is 0 Å². The van der Waals surface area contributed by atoms with Gasteiger partial charge in [-0.3, -0.25) is 4.79 Å². The zero-order valence-electron chi connectivity index (χ0n) is 8.56. The number of carbonyl (C=O) groups is 1. The second kappa shape index (κ2) is 5.98. The van der Waals surface area contributed by atoms with Crippen molar-refractivity contribution in [1.82, 2.24) is 4.90 Å². The fraction of sp³-hybridized carbons (Fsp3) is 0.875. The van der Waals surface area contributed by atoms with Gasteiger partial charge in [0.15, 0.2) is 9.84 Å². The molecule has 0 aromatic heterocycles. The first-order chi connectivity index (χ1) is 6.46. The van der Waals surface area contributed by atoms with Crippen molar-refractivity contribution < 1.29 is 18.3 Å². The van der Waals surface area contributed by atoms with Crippen LogP contribution in [-0.2, 0) is 14.6 Å². The average Bonchev–Trinajstić information content (AvgIpc) is 2.04. The Morgan fingerprint density at radius 1 is 1.29 bits per heavy atom. The molecule has 84 valence electrons. The minimum Gasteiger partial charge on any atom is -0.395 e. The first kappa shape index (κ1) is 13.4. The Labute approximate surface area is 84.6 Å². The summed E-state index contributed by atoms with van der Waals surface area (Å²) >= 11 is 0. The number of aliphatic hydroxyl groups excluding tert-OH is 1. The van der Waals surface area contributed by atoms with E-state index in [9.17, 15) is 13.2 Å². The molecule has 1 N–H and O–H groups in total. The first-order valence-electron chi connectivity index (χ1n) is 4.55. The quantitative estimate of drug-likeness (QED) is 0.643. The molecule has 0 heterocycles.